The second-order valence-electron chi connectivity index (χ2n) is 7.54. The van der Waals surface area contributed by atoms with Gasteiger partial charge in [0, 0.05) is 0 Å². The molecule has 0 radical (unpaired) electrons. The molecular formula is C23H15N3O3. The summed E-state index contributed by atoms with van der Waals surface area (Å²) in [5.74, 6) is 0.613. The van der Waals surface area contributed by atoms with Gasteiger partial charge in [-0.25, -0.2) is 0 Å². The lowest BCUT2D eigenvalue weighted by Crippen LogP contribution is -2.32. The van der Waals surface area contributed by atoms with Crippen molar-refractivity contribution >= 4 is 17.5 Å². The smallest absolute Gasteiger partial charge is 0.238 e. The molecule has 1 aliphatic heterocycles. The van der Waals surface area contributed by atoms with Gasteiger partial charge in [-0.3, -0.25) is 14.5 Å². The molecule has 0 N–H and O–H groups in total. The first-order valence-corrected chi connectivity index (χ1v) is 9.39. The maximum atomic E-state index is 12.9. The number of anilines is 1. The van der Waals surface area contributed by atoms with E-state index in [2.05, 4.69) is 12.2 Å². The number of fused-ring (bicyclic) bond motifs is 5. The normalized spacial score (nSPS) is 26.3. The van der Waals surface area contributed by atoms with Gasteiger partial charge in [0.1, 0.15) is 23.6 Å². The fraction of sp³-hybridized carbons (Fsp3) is 0.217. The Morgan fingerprint density at radius 1 is 0.828 bits per heavy atom. The van der Waals surface area contributed by atoms with Crippen LogP contribution in [0.3, 0.4) is 0 Å². The third-order valence-electron chi connectivity index (χ3n) is 6.03. The van der Waals surface area contributed by atoms with Crippen LogP contribution in [0.15, 0.2) is 54.6 Å². The van der Waals surface area contributed by atoms with Crippen LogP contribution in [-0.4, -0.2) is 11.8 Å². The largest absolute Gasteiger partial charge is 0.457 e. The third kappa shape index (κ3) is 2.54. The minimum Gasteiger partial charge on any atom is -0.457 e. The summed E-state index contributed by atoms with van der Waals surface area (Å²) in [5.41, 5.74) is 1.07. The minimum atomic E-state index is -0.225. The van der Waals surface area contributed by atoms with E-state index in [1.165, 1.54) is 17.0 Å². The van der Waals surface area contributed by atoms with Crippen molar-refractivity contribution in [3.05, 3.63) is 65.7 Å². The van der Waals surface area contributed by atoms with Crippen molar-refractivity contribution < 1.29 is 14.3 Å². The maximum absolute atomic E-state index is 12.9. The Labute approximate surface area is 167 Å². The highest BCUT2D eigenvalue weighted by atomic mass is 16.5. The zero-order valence-corrected chi connectivity index (χ0v) is 15.3. The first-order chi connectivity index (χ1) is 14.1. The number of nitrogens with zero attached hydrogens (tertiary/aromatic N) is 3. The van der Waals surface area contributed by atoms with Gasteiger partial charge in [0.05, 0.1) is 28.7 Å². The molecule has 0 aromatic heterocycles. The summed E-state index contributed by atoms with van der Waals surface area (Å²) >= 11 is 0. The highest BCUT2D eigenvalue weighted by Gasteiger charge is 2.59. The molecule has 5 rings (SSSR count). The van der Waals surface area contributed by atoms with E-state index in [1.807, 2.05) is 12.1 Å². The molecule has 2 aromatic rings. The van der Waals surface area contributed by atoms with Crippen LogP contribution in [0.25, 0.3) is 0 Å². The SMILES string of the molecule is N#Cc1ccc(Oc2ccc(N3C(=O)[C@H]4[C@H](C3=O)[C@H]3C=C[C@H]4C3)cc2)cc1C#N. The number of nitriles is 2. The summed E-state index contributed by atoms with van der Waals surface area (Å²) in [7, 11) is 0. The molecule has 2 amide bonds. The number of benzene rings is 2. The zero-order chi connectivity index (χ0) is 20.1. The van der Waals surface area contributed by atoms with Crippen LogP contribution in [0.2, 0.25) is 0 Å². The van der Waals surface area contributed by atoms with Gasteiger partial charge in [0.15, 0.2) is 0 Å². The Balaban J connectivity index is 1.36. The number of amides is 2. The van der Waals surface area contributed by atoms with Crippen LogP contribution in [-0.2, 0) is 9.59 Å². The lowest BCUT2D eigenvalue weighted by Gasteiger charge is -2.17. The fourth-order valence-electron chi connectivity index (χ4n) is 4.73. The van der Waals surface area contributed by atoms with Crippen molar-refractivity contribution in [1.29, 1.82) is 10.5 Å². The minimum absolute atomic E-state index is 0.115. The predicted molar refractivity (Wildman–Crippen MR) is 103 cm³/mol. The van der Waals surface area contributed by atoms with E-state index in [0.29, 0.717) is 17.2 Å². The number of imide groups is 1. The lowest BCUT2D eigenvalue weighted by atomic mass is 9.85. The van der Waals surface area contributed by atoms with Crippen LogP contribution in [0.4, 0.5) is 5.69 Å². The third-order valence-corrected chi connectivity index (χ3v) is 6.03. The number of hydrogen-bond donors (Lipinski definition) is 0. The van der Waals surface area contributed by atoms with E-state index in [4.69, 9.17) is 15.3 Å². The van der Waals surface area contributed by atoms with Crippen molar-refractivity contribution in [1.82, 2.24) is 0 Å². The molecule has 2 aliphatic carbocycles. The van der Waals surface area contributed by atoms with Crippen LogP contribution in [0.1, 0.15) is 17.5 Å². The van der Waals surface area contributed by atoms with Crippen molar-refractivity contribution in [2.45, 2.75) is 6.42 Å². The molecule has 4 atom stereocenters. The molecule has 0 unspecified atom stereocenters. The van der Waals surface area contributed by atoms with Crippen molar-refractivity contribution in [3.63, 3.8) is 0 Å². The highest BCUT2D eigenvalue weighted by molar-refractivity contribution is 6.22. The predicted octanol–water partition coefficient (Wildman–Crippen LogP) is 3.53. The highest BCUT2D eigenvalue weighted by Crippen LogP contribution is 2.53. The molecule has 6 nitrogen and oxygen atoms in total. The van der Waals surface area contributed by atoms with E-state index in [1.54, 1.807) is 30.3 Å². The maximum Gasteiger partial charge on any atom is 0.238 e. The fourth-order valence-corrected chi connectivity index (χ4v) is 4.73. The van der Waals surface area contributed by atoms with Crippen LogP contribution < -0.4 is 9.64 Å². The molecule has 0 spiro atoms. The molecule has 1 saturated carbocycles. The second kappa shape index (κ2) is 6.32. The molecule has 1 saturated heterocycles. The first kappa shape index (κ1) is 17.2. The topological polar surface area (TPSA) is 94.2 Å². The molecule has 3 aliphatic rings. The zero-order valence-electron chi connectivity index (χ0n) is 15.3. The van der Waals surface area contributed by atoms with Gasteiger partial charge in [-0.1, -0.05) is 12.2 Å². The van der Waals surface area contributed by atoms with Gasteiger partial charge in [-0.2, -0.15) is 10.5 Å². The number of ether oxygens (including phenoxy) is 1. The first-order valence-electron chi connectivity index (χ1n) is 9.39. The summed E-state index contributed by atoms with van der Waals surface area (Å²) in [6.07, 6.45) is 5.05. The average Bonchev–Trinajstić information content (AvgIpc) is 3.42. The van der Waals surface area contributed by atoms with Crippen molar-refractivity contribution in [3.8, 4) is 23.6 Å². The van der Waals surface area contributed by atoms with E-state index < -0.39 is 0 Å². The van der Waals surface area contributed by atoms with E-state index in [0.717, 1.165) is 6.42 Å². The Hall–Kier alpha value is -3.90. The monoisotopic (exact) mass is 381 g/mol. The van der Waals surface area contributed by atoms with Crippen LogP contribution in [0, 0.1) is 46.3 Å². The molecular weight excluding hydrogens is 366 g/mol. The molecule has 2 fully saturated rings. The number of hydrogen-bond acceptors (Lipinski definition) is 5. The second-order valence-corrected chi connectivity index (χ2v) is 7.54. The molecule has 140 valence electrons. The number of carbonyl (C=O) groups excluding carboxylic acids is 2. The molecule has 6 heteroatoms. The summed E-state index contributed by atoms with van der Waals surface area (Å²) in [4.78, 5) is 27.1. The summed E-state index contributed by atoms with van der Waals surface area (Å²) in [5, 5.41) is 18.1. The number of rotatable bonds is 3. The molecule has 1 heterocycles. The van der Waals surface area contributed by atoms with E-state index in [-0.39, 0.29) is 46.6 Å². The van der Waals surface area contributed by atoms with Crippen molar-refractivity contribution in [2.24, 2.45) is 23.7 Å². The summed E-state index contributed by atoms with van der Waals surface area (Å²) in [6, 6.07) is 15.3. The van der Waals surface area contributed by atoms with Gasteiger partial charge >= 0.3 is 0 Å². The summed E-state index contributed by atoms with van der Waals surface area (Å²) < 4.78 is 5.75. The molecule has 29 heavy (non-hydrogen) atoms. The van der Waals surface area contributed by atoms with E-state index >= 15 is 0 Å². The van der Waals surface area contributed by atoms with Gasteiger partial charge in [-0.15, -0.1) is 0 Å². The summed E-state index contributed by atoms with van der Waals surface area (Å²) in [6.45, 7) is 0. The lowest BCUT2D eigenvalue weighted by molar-refractivity contribution is -0.123. The van der Waals surface area contributed by atoms with Gasteiger partial charge < -0.3 is 4.74 Å². The van der Waals surface area contributed by atoms with Crippen molar-refractivity contribution in [2.75, 3.05) is 4.90 Å². The Bertz CT molecular complexity index is 1120. The van der Waals surface area contributed by atoms with Gasteiger partial charge in [0.25, 0.3) is 0 Å². The number of carbonyl (C=O) groups is 2. The molecule has 2 aromatic carbocycles. The van der Waals surface area contributed by atoms with Gasteiger partial charge in [-0.05, 0) is 60.7 Å². The standard InChI is InChI=1S/C23H15N3O3/c24-11-15-3-6-19(10-16(15)12-25)29-18-7-4-17(5-8-18)26-22(27)20-13-1-2-14(9-13)21(20)23(26)28/h1-8,10,13-14,20-21H,9H2/t13-,14-,20+,21+/m0/s1. The van der Waals surface area contributed by atoms with Crippen LogP contribution in [0.5, 0.6) is 11.5 Å². The number of allylic oxidation sites excluding steroid dienone is 2. The Morgan fingerprint density at radius 3 is 2.00 bits per heavy atom. The Kier molecular flexibility index (Phi) is 3.75. The average molecular weight is 381 g/mol. The Morgan fingerprint density at radius 2 is 1.41 bits per heavy atom. The van der Waals surface area contributed by atoms with Gasteiger partial charge in [0.2, 0.25) is 11.8 Å². The van der Waals surface area contributed by atoms with E-state index in [9.17, 15) is 9.59 Å². The quantitative estimate of drug-likeness (QED) is 0.599. The van der Waals surface area contributed by atoms with Crippen LogP contribution >= 0.6 is 0 Å². The molecule has 2 bridgehead atoms.